The zero-order valence-corrected chi connectivity index (χ0v) is 8.83. The summed E-state index contributed by atoms with van der Waals surface area (Å²) in [6.45, 7) is 0.540. The number of aromatic carboxylic acids is 1. The van der Waals surface area contributed by atoms with Crippen molar-refractivity contribution in [2.24, 2.45) is 0 Å². The number of aromatic nitrogens is 3. The van der Waals surface area contributed by atoms with Crippen LogP contribution in [0.25, 0.3) is 0 Å². The highest BCUT2D eigenvalue weighted by molar-refractivity contribution is 5.88. The van der Waals surface area contributed by atoms with E-state index < -0.39 is 5.97 Å². The van der Waals surface area contributed by atoms with Crippen molar-refractivity contribution in [3.63, 3.8) is 0 Å². The quantitative estimate of drug-likeness (QED) is 0.789. The second-order valence-electron chi connectivity index (χ2n) is 3.25. The molecule has 7 heteroatoms. The van der Waals surface area contributed by atoms with E-state index in [0.717, 1.165) is 0 Å². The van der Waals surface area contributed by atoms with Gasteiger partial charge in [0, 0.05) is 19.2 Å². The Morgan fingerprint density at radius 2 is 2.35 bits per heavy atom. The van der Waals surface area contributed by atoms with Crippen LogP contribution in [0.15, 0.2) is 29.2 Å². The van der Waals surface area contributed by atoms with Gasteiger partial charge in [-0.3, -0.25) is 0 Å². The van der Waals surface area contributed by atoms with Gasteiger partial charge in [0.25, 0.3) is 0 Å². The van der Waals surface area contributed by atoms with Gasteiger partial charge in [-0.1, -0.05) is 5.16 Å². The average molecular weight is 234 g/mol. The lowest BCUT2D eigenvalue weighted by molar-refractivity contribution is 0.0697. The fourth-order valence-electron chi connectivity index (χ4n) is 1.26. The molecule has 7 nitrogen and oxygen atoms in total. The Balaban J connectivity index is 1.90. The van der Waals surface area contributed by atoms with E-state index in [9.17, 15) is 4.79 Å². The van der Waals surface area contributed by atoms with Gasteiger partial charge in [-0.2, -0.15) is 4.98 Å². The lowest BCUT2D eigenvalue weighted by Crippen LogP contribution is -2.07. The molecule has 0 atom stereocenters. The fraction of sp³-hybridized carbons (Fsp3) is 0.200. The maximum absolute atomic E-state index is 10.7. The van der Waals surface area contributed by atoms with Crippen molar-refractivity contribution < 1.29 is 14.4 Å². The standard InChI is InChI=1S/C10H10N4O3/c15-10(16)7-1-3-11-8(5-7)12-4-2-9-13-6-14-17-9/h1,3,5-6H,2,4H2,(H,11,12)(H,15,16). The number of hydrogen-bond donors (Lipinski definition) is 2. The SMILES string of the molecule is O=C(O)c1ccnc(NCCc2ncno2)c1. The minimum atomic E-state index is -0.979. The molecule has 0 saturated carbocycles. The molecule has 17 heavy (non-hydrogen) atoms. The number of nitrogens with one attached hydrogen (secondary N) is 1. The fourth-order valence-corrected chi connectivity index (χ4v) is 1.26. The Morgan fingerprint density at radius 1 is 1.47 bits per heavy atom. The molecular weight excluding hydrogens is 224 g/mol. The minimum absolute atomic E-state index is 0.195. The first-order valence-corrected chi connectivity index (χ1v) is 4.94. The maximum atomic E-state index is 10.7. The van der Waals surface area contributed by atoms with Gasteiger partial charge < -0.3 is 14.9 Å². The van der Waals surface area contributed by atoms with Crippen molar-refractivity contribution in [3.05, 3.63) is 36.1 Å². The summed E-state index contributed by atoms with van der Waals surface area (Å²) in [7, 11) is 0. The van der Waals surface area contributed by atoms with Crippen molar-refractivity contribution in [2.75, 3.05) is 11.9 Å². The Hall–Kier alpha value is -2.44. The molecule has 0 aromatic carbocycles. The summed E-state index contributed by atoms with van der Waals surface area (Å²) in [5.41, 5.74) is 0.195. The molecular formula is C10H10N4O3. The summed E-state index contributed by atoms with van der Waals surface area (Å²) >= 11 is 0. The molecule has 2 N–H and O–H groups in total. The van der Waals surface area contributed by atoms with Gasteiger partial charge in [-0.25, -0.2) is 9.78 Å². The Labute approximate surface area is 96.5 Å². The highest BCUT2D eigenvalue weighted by Crippen LogP contribution is 2.06. The molecule has 0 aliphatic carbocycles. The number of nitrogens with zero attached hydrogens (tertiary/aromatic N) is 3. The summed E-state index contributed by atoms with van der Waals surface area (Å²) < 4.78 is 4.82. The van der Waals surface area contributed by atoms with Crippen molar-refractivity contribution in [2.45, 2.75) is 6.42 Å². The van der Waals surface area contributed by atoms with E-state index >= 15 is 0 Å². The van der Waals surface area contributed by atoms with Crippen LogP contribution in [0.2, 0.25) is 0 Å². The Bertz CT molecular complexity index is 498. The topological polar surface area (TPSA) is 101 Å². The smallest absolute Gasteiger partial charge is 0.335 e. The molecule has 2 heterocycles. The normalized spacial score (nSPS) is 10.1. The third kappa shape index (κ3) is 3.00. The predicted molar refractivity (Wildman–Crippen MR) is 57.7 cm³/mol. The molecule has 0 aliphatic heterocycles. The highest BCUT2D eigenvalue weighted by atomic mass is 16.5. The number of rotatable bonds is 5. The number of carbonyl (C=O) groups is 1. The van der Waals surface area contributed by atoms with Crippen LogP contribution < -0.4 is 5.32 Å². The first kappa shape index (κ1) is 11.1. The van der Waals surface area contributed by atoms with Crippen LogP contribution in [0.3, 0.4) is 0 Å². The van der Waals surface area contributed by atoms with Crippen LogP contribution in [-0.2, 0) is 6.42 Å². The highest BCUT2D eigenvalue weighted by Gasteiger charge is 2.04. The molecule has 0 bridgehead atoms. The van der Waals surface area contributed by atoms with E-state index in [2.05, 4.69) is 20.4 Å². The van der Waals surface area contributed by atoms with Crippen molar-refractivity contribution >= 4 is 11.8 Å². The monoisotopic (exact) mass is 234 g/mol. The lowest BCUT2D eigenvalue weighted by Gasteiger charge is -2.03. The van der Waals surface area contributed by atoms with Crippen molar-refractivity contribution in [1.82, 2.24) is 15.1 Å². The molecule has 0 amide bonds. The van der Waals surface area contributed by atoms with Crippen LogP contribution >= 0.6 is 0 Å². The third-order valence-corrected chi connectivity index (χ3v) is 2.06. The van der Waals surface area contributed by atoms with Crippen LogP contribution in [0.1, 0.15) is 16.2 Å². The lowest BCUT2D eigenvalue weighted by atomic mass is 10.2. The van der Waals surface area contributed by atoms with E-state index in [0.29, 0.717) is 24.7 Å². The third-order valence-electron chi connectivity index (χ3n) is 2.06. The van der Waals surface area contributed by atoms with Crippen LogP contribution in [0, 0.1) is 0 Å². The second-order valence-corrected chi connectivity index (χ2v) is 3.25. The van der Waals surface area contributed by atoms with Gasteiger partial charge in [0.05, 0.1) is 5.56 Å². The summed E-state index contributed by atoms with van der Waals surface area (Å²) in [5.74, 6) is 0.0451. The van der Waals surface area contributed by atoms with Gasteiger partial charge in [0.15, 0.2) is 6.33 Å². The predicted octanol–water partition coefficient (Wildman–Crippen LogP) is 0.817. The Morgan fingerprint density at radius 3 is 3.06 bits per heavy atom. The van der Waals surface area contributed by atoms with Crippen molar-refractivity contribution in [3.8, 4) is 0 Å². The Kier molecular flexibility index (Phi) is 3.29. The first-order valence-electron chi connectivity index (χ1n) is 4.94. The van der Waals surface area contributed by atoms with E-state index in [-0.39, 0.29) is 5.56 Å². The van der Waals surface area contributed by atoms with E-state index in [1.54, 1.807) is 0 Å². The van der Waals surface area contributed by atoms with Crippen molar-refractivity contribution in [1.29, 1.82) is 0 Å². The van der Waals surface area contributed by atoms with Gasteiger partial charge in [-0.15, -0.1) is 0 Å². The number of hydrogen-bond acceptors (Lipinski definition) is 6. The van der Waals surface area contributed by atoms with Gasteiger partial charge in [0.1, 0.15) is 5.82 Å². The summed E-state index contributed by atoms with van der Waals surface area (Å²) in [4.78, 5) is 18.6. The second kappa shape index (κ2) is 5.06. The molecule has 88 valence electrons. The van der Waals surface area contributed by atoms with Gasteiger partial charge in [0.2, 0.25) is 5.89 Å². The molecule has 2 aromatic heterocycles. The minimum Gasteiger partial charge on any atom is -0.478 e. The zero-order valence-electron chi connectivity index (χ0n) is 8.83. The van der Waals surface area contributed by atoms with E-state index in [1.807, 2.05) is 0 Å². The molecule has 0 fully saturated rings. The molecule has 0 saturated heterocycles. The number of pyridine rings is 1. The van der Waals surface area contributed by atoms with E-state index in [4.69, 9.17) is 9.63 Å². The van der Waals surface area contributed by atoms with Gasteiger partial charge in [-0.05, 0) is 12.1 Å². The number of carboxylic acid groups (broad SMARTS) is 1. The molecule has 0 aliphatic rings. The molecule has 0 spiro atoms. The summed E-state index contributed by atoms with van der Waals surface area (Å²) in [6, 6.07) is 2.90. The van der Waals surface area contributed by atoms with Crippen LogP contribution in [0.5, 0.6) is 0 Å². The summed E-state index contributed by atoms with van der Waals surface area (Å²) in [5, 5.41) is 15.2. The molecule has 2 aromatic rings. The van der Waals surface area contributed by atoms with Crippen LogP contribution in [-0.4, -0.2) is 32.7 Å². The zero-order chi connectivity index (χ0) is 12.1. The number of anilines is 1. The average Bonchev–Trinajstić information content (AvgIpc) is 2.82. The molecule has 0 radical (unpaired) electrons. The number of carboxylic acids is 1. The van der Waals surface area contributed by atoms with Gasteiger partial charge >= 0.3 is 5.97 Å². The first-order chi connectivity index (χ1) is 8.25. The molecule has 0 unspecified atom stereocenters. The maximum Gasteiger partial charge on any atom is 0.335 e. The van der Waals surface area contributed by atoms with Crippen LogP contribution in [0.4, 0.5) is 5.82 Å². The van der Waals surface area contributed by atoms with E-state index in [1.165, 1.54) is 24.7 Å². The summed E-state index contributed by atoms with van der Waals surface area (Å²) in [6.07, 6.45) is 3.33. The largest absolute Gasteiger partial charge is 0.478 e. The molecule has 2 rings (SSSR count).